The van der Waals surface area contributed by atoms with E-state index in [1.54, 1.807) is 18.3 Å². The highest BCUT2D eigenvalue weighted by atomic mass is 16.6. The predicted molar refractivity (Wildman–Crippen MR) is 74.2 cm³/mol. The molecule has 1 aromatic carbocycles. The molecule has 0 unspecified atom stereocenters. The lowest BCUT2D eigenvalue weighted by atomic mass is 10.0. The number of nitrogens with two attached hydrogens (primary N) is 1. The van der Waals surface area contributed by atoms with E-state index in [1.807, 2.05) is 0 Å². The topological polar surface area (TPSA) is 123 Å². The van der Waals surface area contributed by atoms with Gasteiger partial charge in [-0.2, -0.15) is 10.4 Å². The van der Waals surface area contributed by atoms with Gasteiger partial charge in [0.2, 0.25) is 0 Å². The Morgan fingerprint density at radius 1 is 1.33 bits per heavy atom. The van der Waals surface area contributed by atoms with Gasteiger partial charge in [0.25, 0.3) is 5.69 Å². The van der Waals surface area contributed by atoms with Crippen molar-refractivity contribution >= 4 is 17.0 Å². The van der Waals surface area contributed by atoms with Crippen molar-refractivity contribution in [2.75, 3.05) is 5.73 Å². The number of aromatic nitrogens is 3. The van der Waals surface area contributed by atoms with E-state index in [1.165, 1.54) is 23.0 Å². The van der Waals surface area contributed by atoms with E-state index in [4.69, 9.17) is 5.73 Å². The first-order chi connectivity index (χ1) is 10.1. The van der Waals surface area contributed by atoms with Gasteiger partial charge >= 0.3 is 0 Å². The first kappa shape index (κ1) is 12.6. The maximum absolute atomic E-state index is 10.7. The highest BCUT2D eigenvalue weighted by molar-refractivity contribution is 5.91. The number of nitro benzene ring substituents is 1. The lowest BCUT2D eigenvalue weighted by molar-refractivity contribution is -0.384. The second kappa shape index (κ2) is 4.57. The fourth-order valence-corrected chi connectivity index (χ4v) is 2.16. The van der Waals surface area contributed by atoms with Gasteiger partial charge in [-0.3, -0.25) is 10.1 Å². The maximum Gasteiger partial charge on any atom is 0.269 e. The molecule has 102 valence electrons. The van der Waals surface area contributed by atoms with E-state index < -0.39 is 4.92 Å². The van der Waals surface area contributed by atoms with Crippen LogP contribution < -0.4 is 5.73 Å². The average molecular weight is 280 g/mol. The zero-order valence-corrected chi connectivity index (χ0v) is 10.6. The summed E-state index contributed by atoms with van der Waals surface area (Å²) in [5, 5.41) is 24.0. The fraction of sp³-hybridized carbons (Fsp3) is 0. The van der Waals surface area contributed by atoms with E-state index in [0.717, 1.165) is 0 Å². The fourth-order valence-electron chi connectivity index (χ4n) is 2.16. The molecule has 21 heavy (non-hydrogen) atoms. The van der Waals surface area contributed by atoms with Gasteiger partial charge in [0, 0.05) is 23.9 Å². The zero-order valence-electron chi connectivity index (χ0n) is 10.6. The molecule has 2 aromatic heterocycles. The Morgan fingerprint density at radius 3 is 2.67 bits per heavy atom. The van der Waals surface area contributed by atoms with Gasteiger partial charge < -0.3 is 5.73 Å². The van der Waals surface area contributed by atoms with Gasteiger partial charge in [0.1, 0.15) is 17.9 Å². The summed E-state index contributed by atoms with van der Waals surface area (Å²) in [7, 11) is 0. The first-order valence-electron chi connectivity index (χ1n) is 5.88. The quantitative estimate of drug-likeness (QED) is 0.563. The van der Waals surface area contributed by atoms with Crippen LogP contribution in [0.4, 0.5) is 11.5 Å². The summed E-state index contributed by atoms with van der Waals surface area (Å²) in [4.78, 5) is 14.1. The Kier molecular flexibility index (Phi) is 2.73. The summed E-state index contributed by atoms with van der Waals surface area (Å²) in [5.41, 5.74) is 7.90. The van der Waals surface area contributed by atoms with Gasteiger partial charge in [-0.15, -0.1) is 0 Å². The minimum Gasteiger partial charge on any atom is -0.382 e. The molecule has 2 N–H and O–H groups in total. The summed E-state index contributed by atoms with van der Waals surface area (Å²) < 4.78 is 1.47. The zero-order chi connectivity index (χ0) is 15.0. The summed E-state index contributed by atoms with van der Waals surface area (Å²) >= 11 is 0. The molecule has 3 aromatic rings. The molecule has 0 amide bonds. The second-order valence-electron chi connectivity index (χ2n) is 4.27. The molecule has 8 heteroatoms. The highest BCUT2D eigenvalue weighted by Gasteiger charge is 2.17. The van der Waals surface area contributed by atoms with Crippen LogP contribution in [0.3, 0.4) is 0 Å². The molecular weight excluding hydrogens is 272 g/mol. The predicted octanol–water partition coefficient (Wildman–Crippen LogP) is 1.76. The van der Waals surface area contributed by atoms with Crippen LogP contribution in [0.1, 0.15) is 5.56 Å². The number of non-ortho nitro benzene ring substituents is 1. The number of nitrogens with zero attached hydrogens (tertiary/aromatic N) is 5. The highest BCUT2D eigenvalue weighted by Crippen LogP contribution is 2.32. The van der Waals surface area contributed by atoms with Gasteiger partial charge in [0.15, 0.2) is 5.82 Å². The van der Waals surface area contributed by atoms with Crippen LogP contribution in [0, 0.1) is 21.4 Å². The molecule has 0 spiro atoms. The Balaban J connectivity index is 2.28. The number of anilines is 1. The third-order valence-electron chi connectivity index (χ3n) is 3.09. The SMILES string of the molecule is N#Cc1cn2ncnc(N)c2c1-c1ccc([N+](=O)[O-])cc1. The Morgan fingerprint density at radius 2 is 2.05 bits per heavy atom. The summed E-state index contributed by atoms with van der Waals surface area (Å²) in [6.45, 7) is 0. The van der Waals surface area contributed by atoms with Crippen LogP contribution in [0.15, 0.2) is 36.8 Å². The first-order valence-corrected chi connectivity index (χ1v) is 5.88. The van der Waals surface area contributed by atoms with Crippen molar-refractivity contribution in [3.8, 4) is 17.2 Å². The standard InChI is InChI=1S/C13H8N6O2/c14-5-9-6-18-12(13(15)16-7-17-18)11(9)8-1-3-10(4-2-8)19(20)21/h1-4,6-7H,(H2,15,16,17). The monoisotopic (exact) mass is 280 g/mol. The molecule has 0 aliphatic rings. The van der Waals surface area contributed by atoms with Crippen molar-refractivity contribution in [2.45, 2.75) is 0 Å². The lowest BCUT2D eigenvalue weighted by Gasteiger charge is -2.03. The summed E-state index contributed by atoms with van der Waals surface area (Å²) in [6.07, 6.45) is 2.84. The van der Waals surface area contributed by atoms with Gasteiger partial charge in [-0.05, 0) is 17.7 Å². The lowest BCUT2D eigenvalue weighted by Crippen LogP contribution is -1.98. The molecule has 0 bridgehead atoms. The molecular formula is C13H8N6O2. The number of fused-ring (bicyclic) bond motifs is 1. The maximum atomic E-state index is 10.7. The van der Waals surface area contributed by atoms with E-state index >= 15 is 0 Å². The molecule has 0 radical (unpaired) electrons. The number of nitriles is 1. The molecule has 3 rings (SSSR count). The van der Waals surface area contributed by atoms with Crippen molar-refractivity contribution in [1.29, 1.82) is 5.26 Å². The Labute approximate surface area is 118 Å². The van der Waals surface area contributed by atoms with E-state index in [9.17, 15) is 15.4 Å². The van der Waals surface area contributed by atoms with Crippen LogP contribution >= 0.6 is 0 Å². The van der Waals surface area contributed by atoms with Crippen LogP contribution in [0.5, 0.6) is 0 Å². The van der Waals surface area contributed by atoms with Crippen LogP contribution in [-0.2, 0) is 0 Å². The Hall–Kier alpha value is -3.47. The van der Waals surface area contributed by atoms with E-state index in [0.29, 0.717) is 22.2 Å². The molecule has 8 nitrogen and oxygen atoms in total. The minimum absolute atomic E-state index is 0.0232. The molecule has 0 saturated carbocycles. The van der Waals surface area contributed by atoms with E-state index in [2.05, 4.69) is 16.2 Å². The third-order valence-corrected chi connectivity index (χ3v) is 3.09. The number of benzene rings is 1. The van der Waals surface area contributed by atoms with Crippen molar-refractivity contribution < 1.29 is 4.92 Å². The van der Waals surface area contributed by atoms with Crippen LogP contribution in [-0.4, -0.2) is 19.5 Å². The number of nitro groups is 1. The van der Waals surface area contributed by atoms with Crippen molar-refractivity contribution in [3.05, 3.63) is 52.5 Å². The molecule has 0 atom stereocenters. The third kappa shape index (κ3) is 1.93. The number of hydrogen-bond donors (Lipinski definition) is 1. The molecule has 0 aliphatic carbocycles. The smallest absolute Gasteiger partial charge is 0.269 e. The summed E-state index contributed by atoms with van der Waals surface area (Å²) in [5.74, 6) is 0.236. The Bertz CT molecular complexity index is 891. The molecule has 2 heterocycles. The number of hydrogen-bond acceptors (Lipinski definition) is 6. The molecule has 0 fully saturated rings. The van der Waals surface area contributed by atoms with Gasteiger partial charge in [0.05, 0.1) is 10.5 Å². The van der Waals surface area contributed by atoms with Crippen LogP contribution in [0.2, 0.25) is 0 Å². The van der Waals surface area contributed by atoms with Crippen molar-refractivity contribution in [1.82, 2.24) is 14.6 Å². The normalized spacial score (nSPS) is 10.4. The molecule has 0 aliphatic heterocycles. The van der Waals surface area contributed by atoms with Gasteiger partial charge in [-0.25, -0.2) is 9.50 Å². The summed E-state index contributed by atoms with van der Waals surface area (Å²) in [6, 6.07) is 7.96. The average Bonchev–Trinajstić information content (AvgIpc) is 2.87. The largest absolute Gasteiger partial charge is 0.382 e. The van der Waals surface area contributed by atoms with E-state index in [-0.39, 0.29) is 11.5 Å². The second-order valence-corrected chi connectivity index (χ2v) is 4.27. The van der Waals surface area contributed by atoms with Crippen LogP contribution in [0.25, 0.3) is 16.6 Å². The number of rotatable bonds is 2. The minimum atomic E-state index is -0.482. The molecule has 0 saturated heterocycles. The van der Waals surface area contributed by atoms with Crippen molar-refractivity contribution in [2.24, 2.45) is 0 Å². The van der Waals surface area contributed by atoms with Gasteiger partial charge in [-0.1, -0.05) is 0 Å². The number of nitrogen functional groups attached to an aromatic ring is 1. The van der Waals surface area contributed by atoms with Crippen molar-refractivity contribution in [3.63, 3.8) is 0 Å².